The summed E-state index contributed by atoms with van der Waals surface area (Å²) in [5, 5.41) is 10.6. The van der Waals surface area contributed by atoms with E-state index in [0.29, 0.717) is 27.0 Å². The molecule has 5 nitrogen and oxygen atoms in total. The van der Waals surface area contributed by atoms with Gasteiger partial charge in [0.2, 0.25) is 0 Å². The predicted octanol–water partition coefficient (Wildman–Crippen LogP) is 6.46. The predicted molar refractivity (Wildman–Crippen MR) is 127 cm³/mol. The first kappa shape index (κ1) is 22.2. The summed E-state index contributed by atoms with van der Waals surface area (Å²) in [4.78, 5) is 17.4. The first-order valence-corrected chi connectivity index (χ1v) is 10.8. The molecule has 1 aliphatic heterocycles. The highest BCUT2D eigenvalue weighted by Crippen LogP contribution is 2.48. The number of hydrogen-bond acceptors (Lipinski definition) is 3. The van der Waals surface area contributed by atoms with E-state index >= 15 is 0 Å². The molecule has 1 saturated heterocycles. The number of rotatable bonds is 5. The Morgan fingerprint density at radius 3 is 2.16 bits per heavy atom. The van der Waals surface area contributed by atoms with E-state index in [1.54, 1.807) is 47.2 Å². The lowest BCUT2D eigenvalue weighted by Gasteiger charge is -2.38. The number of nitriles is 1. The molecular weight excluding hydrogens is 445 g/mol. The number of hydrogen-bond donors (Lipinski definition) is 0. The second-order valence-corrected chi connectivity index (χ2v) is 8.74. The molecule has 32 heavy (non-hydrogen) atoms. The van der Waals surface area contributed by atoms with Gasteiger partial charge in [0.15, 0.2) is 0 Å². The van der Waals surface area contributed by atoms with Crippen molar-refractivity contribution in [3.05, 3.63) is 94.0 Å². The van der Waals surface area contributed by atoms with Crippen molar-refractivity contribution in [3.63, 3.8) is 0 Å². The summed E-state index contributed by atoms with van der Waals surface area (Å²) in [5.41, 5.74) is 1.98. The van der Waals surface area contributed by atoms with Gasteiger partial charge in [-0.15, -0.1) is 0 Å². The Balaban J connectivity index is 1.95. The van der Waals surface area contributed by atoms with E-state index in [0.717, 1.165) is 5.56 Å². The summed E-state index contributed by atoms with van der Waals surface area (Å²) in [6.45, 7) is 2.26. The smallest absolute Gasteiger partial charge is 0.330 e. The Hall–Kier alpha value is -3.04. The Morgan fingerprint density at radius 1 is 1.00 bits per heavy atom. The normalized spacial score (nSPS) is 20.5. The molecule has 0 bridgehead atoms. The third-order valence-corrected chi connectivity index (χ3v) is 6.22. The highest BCUT2D eigenvalue weighted by Gasteiger charge is 2.56. The fraction of sp³-hybridized carbons (Fsp3) is 0.200. The number of anilines is 2. The van der Waals surface area contributed by atoms with Crippen molar-refractivity contribution in [1.29, 1.82) is 5.26 Å². The molecule has 0 aliphatic carbocycles. The SMILES string of the molecule is COC[C@]1(C)[C@H](c2cccc(C#N)c2)N(c2ccc(Cl)cc2)C(=O)N1c1ccc(Cl)cc1. The van der Waals surface area contributed by atoms with Gasteiger partial charge in [0.05, 0.1) is 29.8 Å². The molecule has 7 heteroatoms. The molecule has 4 rings (SSSR count). The molecule has 0 N–H and O–H groups in total. The van der Waals surface area contributed by atoms with E-state index in [9.17, 15) is 10.1 Å². The average Bonchev–Trinajstić information content (AvgIpc) is 3.02. The third kappa shape index (κ3) is 3.82. The number of carbonyl (C=O) groups excluding carboxylic acids is 1. The quantitative estimate of drug-likeness (QED) is 0.434. The maximum Gasteiger partial charge on any atom is 0.330 e. The van der Waals surface area contributed by atoms with Gasteiger partial charge in [-0.1, -0.05) is 35.3 Å². The Kier molecular flexibility index (Phi) is 6.12. The summed E-state index contributed by atoms with van der Waals surface area (Å²) in [6.07, 6.45) is 0. The molecule has 162 valence electrons. The van der Waals surface area contributed by atoms with Crippen LogP contribution in [0.25, 0.3) is 0 Å². The van der Waals surface area contributed by atoms with E-state index in [2.05, 4.69) is 6.07 Å². The molecule has 2 amide bonds. The number of carbonyl (C=O) groups is 1. The standard InChI is InChI=1S/C25H21Cl2N3O2/c1-25(16-32-2)23(18-5-3-4-17(14-18)15-28)29(21-10-6-19(26)7-11-21)24(31)30(25)22-12-8-20(27)9-13-22/h3-14,23H,16H2,1-2H3/t23-,25+/m0/s1. The van der Waals surface area contributed by atoms with Gasteiger partial charge in [-0.3, -0.25) is 9.80 Å². The lowest BCUT2D eigenvalue weighted by atomic mass is 9.86. The second kappa shape index (κ2) is 8.84. The van der Waals surface area contributed by atoms with Crippen LogP contribution in [0.1, 0.15) is 24.1 Å². The zero-order valence-electron chi connectivity index (χ0n) is 17.6. The lowest BCUT2D eigenvalue weighted by Crippen LogP contribution is -2.49. The summed E-state index contributed by atoms with van der Waals surface area (Å²) in [6, 6.07) is 23.2. The van der Waals surface area contributed by atoms with E-state index in [4.69, 9.17) is 27.9 Å². The van der Waals surface area contributed by atoms with Crippen LogP contribution < -0.4 is 9.80 Å². The Bertz CT molecular complexity index is 1180. The van der Waals surface area contributed by atoms with Gasteiger partial charge in [0.1, 0.15) is 0 Å². The number of benzene rings is 3. The maximum atomic E-state index is 14.0. The van der Waals surface area contributed by atoms with E-state index in [1.807, 2.05) is 49.4 Å². The van der Waals surface area contributed by atoms with Crippen molar-refractivity contribution >= 4 is 40.6 Å². The van der Waals surface area contributed by atoms with Gasteiger partial charge >= 0.3 is 6.03 Å². The van der Waals surface area contributed by atoms with Gasteiger partial charge in [0, 0.05) is 28.5 Å². The van der Waals surface area contributed by atoms with Crippen LogP contribution in [0.15, 0.2) is 72.8 Å². The monoisotopic (exact) mass is 465 g/mol. The second-order valence-electron chi connectivity index (χ2n) is 7.87. The van der Waals surface area contributed by atoms with Crippen molar-refractivity contribution in [2.24, 2.45) is 0 Å². The molecule has 2 atom stereocenters. The minimum atomic E-state index is -0.784. The average molecular weight is 466 g/mol. The van der Waals surface area contributed by atoms with E-state index < -0.39 is 11.6 Å². The number of amides is 2. The number of nitrogens with zero attached hydrogens (tertiary/aromatic N) is 3. The van der Waals surface area contributed by atoms with Crippen LogP contribution in [-0.2, 0) is 4.74 Å². The molecular formula is C25H21Cl2N3O2. The van der Waals surface area contributed by atoms with Crippen molar-refractivity contribution in [2.75, 3.05) is 23.5 Å². The molecule has 1 fully saturated rings. The van der Waals surface area contributed by atoms with Crippen LogP contribution in [0, 0.1) is 11.3 Å². The molecule has 0 spiro atoms. The summed E-state index contributed by atoms with van der Waals surface area (Å²) in [7, 11) is 1.61. The van der Waals surface area contributed by atoms with E-state index in [1.165, 1.54) is 0 Å². The summed E-state index contributed by atoms with van der Waals surface area (Å²) < 4.78 is 5.63. The minimum Gasteiger partial charge on any atom is -0.382 e. The number of methoxy groups -OCH3 is 1. The molecule has 0 radical (unpaired) electrons. The van der Waals surface area contributed by atoms with Crippen LogP contribution in [0.4, 0.5) is 16.2 Å². The van der Waals surface area contributed by atoms with Crippen LogP contribution in [-0.4, -0.2) is 25.3 Å². The Labute approximate surface area is 197 Å². The van der Waals surface area contributed by atoms with Crippen LogP contribution in [0.5, 0.6) is 0 Å². The first-order chi connectivity index (χ1) is 15.4. The third-order valence-electron chi connectivity index (χ3n) is 5.71. The van der Waals surface area contributed by atoms with Gasteiger partial charge < -0.3 is 4.74 Å². The minimum absolute atomic E-state index is 0.207. The van der Waals surface area contributed by atoms with Crippen molar-refractivity contribution in [3.8, 4) is 6.07 Å². The van der Waals surface area contributed by atoms with Crippen LogP contribution in [0.2, 0.25) is 10.0 Å². The summed E-state index contributed by atoms with van der Waals surface area (Å²) >= 11 is 12.2. The molecule has 3 aromatic rings. The number of urea groups is 1. The van der Waals surface area contributed by atoms with Gasteiger partial charge in [-0.05, 0) is 73.2 Å². The fourth-order valence-corrected chi connectivity index (χ4v) is 4.67. The van der Waals surface area contributed by atoms with Crippen LogP contribution >= 0.6 is 23.2 Å². The van der Waals surface area contributed by atoms with E-state index in [-0.39, 0.29) is 12.6 Å². The molecule has 0 unspecified atom stereocenters. The van der Waals surface area contributed by atoms with Crippen molar-refractivity contribution in [2.45, 2.75) is 18.5 Å². The van der Waals surface area contributed by atoms with Crippen molar-refractivity contribution in [1.82, 2.24) is 0 Å². The number of halogens is 2. The zero-order chi connectivity index (χ0) is 22.9. The lowest BCUT2D eigenvalue weighted by molar-refractivity contribution is 0.134. The van der Waals surface area contributed by atoms with Gasteiger partial charge in [-0.2, -0.15) is 5.26 Å². The molecule has 1 aliphatic rings. The maximum absolute atomic E-state index is 14.0. The zero-order valence-corrected chi connectivity index (χ0v) is 19.1. The molecule has 0 saturated carbocycles. The molecule has 3 aromatic carbocycles. The first-order valence-electron chi connectivity index (χ1n) is 10.0. The summed E-state index contributed by atoms with van der Waals surface area (Å²) in [5.74, 6) is 0. The molecule has 0 aromatic heterocycles. The highest BCUT2D eigenvalue weighted by atomic mass is 35.5. The highest BCUT2D eigenvalue weighted by molar-refractivity contribution is 6.31. The largest absolute Gasteiger partial charge is 0.382 e. The van der Waals surface area contributed by atoms with Gasteiger partial charge in [0.25, 0.3) is 0 Å². The van der Waals surface area contributed by atoms with Crippen molar-refractivity contribution < 1.29 is 9.53 Å². The molecule has 1 heterocycles. The van der Waals surface area contributed by atoms with Crippen LogP contribution in [0.3, 0.4) is 0 Å². The Morgan fingerprint density at radius 2 is 1.59 bits per heavy atom. The number of ether oxygens (including phenoxy) is 1. The topological polar surface area (TPSA) is 56.6 Å². The fourth-order valence-electron chi connectivity index (χ4n) is 4.42. The van der Waals surface area contributed by atoms with Gasteiger partial charge in [-0.25, -0.2) is 4.79 Å².